The van der Waals surface area contributed by atoms with Crippen molar-refractivity contribution >= 4 is 23.3 Å². The SMILES string of the molecule is COc1ccccc1CNc1cnn(C23C[C@@H]4CC(C[C@@H](C4)C2)[C@@H]3C(=O)[O-])c(=O)c1Cl. The number of carbonyl (C=O) groups excluding carboxylic acids is 1. The highest BCUT2D eigenvalue weighted by atomic mass is 35.5. The van der Waals surface area contributed by atoms with Crippen molar-refractivity contribution in [2.75, 3.05) is 12.4 Å². The summed E-state index contributed by atoms with van der Waals surface area (Å²) in [4.78, 5) is 25.4. The van der Waals surface area contributed by atoms with Gasteiger partial charge in [-0.1, -0.05) is 29.8 Å². The molecule has 4 aliphatic carbocycles. The third kappa shape index (κ3) is 3.21. The molecule has 0 aliphatic heterocycles. The zero-order valence-electron chi connectivity index (χ0n) is 17.3. The first-order valence-electron chi connectivity index (χ1n) is 10.8. The van der Waals surface area contributed by atoms with E-state index >= 15 is 0 Å². The number of hydrogen-bond donors (Lipinski definition) is 1. The Morgan fingerprint density at radius 1 is 1.29 bits per heavy atom. The van der Waals surface area contributed by atoms with Gasteiger partial charge in [-0.2, -0.15) is 5.10 Å². The lowest BCUT2D eigenvalue weighted by atomic mass is 9.48. The van der Waals surface area contributed by atoms with Gasteiger partial charge in [0.1, 0.15) is 10.8 Å². The number of aliphatic carboxylic acids is 1. The molecule has 5 atom stereocenters. The number of carboxylic acid groups (broad SMARTS) is 1. The fraction of sp³-hybridized carbons (Fsp3) is 0.522. The maximum atomic E-state index is 13.3. The molecule has 0 saturated heterocycles. The standard InChI is InChI=1S/C23H26ClN3O4/c1-31-18-5-3-2-4-15(18)11-25-17-12-26-27(21(28)20(17)24)23-9-13-6-14(10-23)8-16(7-13)19(23)22(29)30/h2-5,12-14,16,19,25H,6-11H2,1H3,(H,29,30)/p-1/t13-,14+,16?,19-,23?/m1/s1. The van der Waals surface area contributed by atoms with Crippen LogP contribution in [0.5, 0.6) is 5.75 Å². The van der Waals surface area contributed by atoms with Crippen LogP contribution in [0, 0.1) is 23.7 Å². The number of carboxylic acids is 1. The van der Waals surface area contributed by atoms with Gasteiger partial charge in [-0.05, 0) is 55.9 Å². The molecular formula is C23H25ClN3O4-. The van der Waals surface area contributed by atoms with Crippen molar-refractivity contribution in [2.45, 2.75) is 44.2 Å². The van der Waals surface area contributed by atoms with Crippen LogP contribution in [0.1, 0.15) is 37.7 Å². The largest absolute Gasteiger partial charge is 0.550 e. The lowest BCUT2D eigenvalue weighted by Gasteiger charge is -2.61. The Balaban J connectivity index is 1.48. The van der Waals surface area contributed by atoms with E-state index in [1.807, 2.05) is 24.3 Å². The summed E-state index contributed by atoms with van der Waals surface area (Å²) in [5.41, 5.74) is 0.0574. The number of ether oxygens (including phenoxy) is 1. The molecule has 8 heteroatoms. The lowest BCUT2D eigenvalue weighted by Crippen LogP contribution is -2.65. The number of para-hydroxylation sites is 1. The van der Waals surface area contributed by atoms with Gasteiger partial charge >= 0.3 is 0 Å². The van der Waals surface area contributed by atoms with E-state index in [0.29, 0.717) is 36.9 Å². The number of rotatable bonds is 6. The average Bonchev–Trinajstić information content (AvgIpc) is 2.73. The summed E-state index contributed by atoms with van der Waals surface area (Å²) in [6.45, 7) is 0.411. The molecule has 2 unspecified atom stereocenters. The minimum Gasteiger partial charge on any atom is -0.550 e. The second kappa shape index (κ2) is 7.55. The van der Waals surface area contributed by atoms with Crippen LogP contribution < -0.4 is 20.7 Å². The summed E-state index contributed by atoms with van der Waals surface area (Å²) in [5.74, 6) is -0.126. The van der Waals surface area contributed by atoms with E-state index in [9.17, 15) is 14.7 Å². The predicted molar refractivity (Wildman–Crippen MR) is 114 cm³/mol. The molecule has 4 fully saturated rings. The molecule has 1 N–H and O–H groups in total. The Hall–Kier alpha value is -2.54. The van der Waals surface area contributed by atoms with Gasteiger partial charge in [0.25, 0.3) is 5.56 Å². The Labute approximate surface area is 185 Å². The molecule has 1 aromatic heterocycles. The maximum Gasteiger partial charge on any atom is 0.288 e. The first-order valence-corrected chi connectivity index (χ1v) is 11.2. The van der Waals surface area contributed by atoms with Crippen molar-refractivity contribution in [1.29, 1.82) is 0 Å². The van der Waals surface area contributed by atoms with Crippen LogP contribution in [0.4, 0.5) is 5.69 Å². The number of aromatic nitrogens is 2. The molecule has 4 bridgehead atoms. The lowest BCUT2D eigenvalue weighted by molar-refractivity contribution is -0.323. The van der Waals surface area contributed by atoms with Crippen molar-refractivity contribution < 1.29 is 14.6 Å². The van der Waals surface area contributed by atoms with Gasteiger partial charge < -0.3 is 20.0 Å². The number of anilines is 1. The van der Waals surface area contributed by atoms with E-state index in [1.54, 1.807) is 7.11 Å². The fourth-order valence-electron chi connectivity index (χ4n) is 6.63. The molecule has 1 heterocycles. The van der Waals surface area contributed by atoms with Crippen molar-refractivity contribution in [3.8, 4) is 5.75 Å². The van der Waals surface area contributed by atoms with Crippen molar-refractivity contribution in [1.82, 2.24) is 9.78 Å². The van der Waals surface area contributed by atoms with Gasteiger partial charge in [-0.25, -0.2) is 4.68 Å². The number of hydrogen-bond acceptors (Lipinski definition) is 6. The summed E-state index contributed by atoms with van der Waals surface area (Å²) in [6, 6.07) is 7.58. The van der Waals surface area contributed by atoms with Gasteiger partial charge in [0, 0.05) is 24.0 Å². The normalized spacial score (nSPS) is 30.9. The molecule has 1 aromatic carbocycles. The summed E-state index contributed by atoms with van der Waals surface area (Å²) in [7, 11) is 1.60. The summed E-state index contributed by atoms with van der Waals surface area (Å²) >= 11 is 6.48. The monoisotopic (exact) mass is 442 g/mol. The van der Waals surface area contributed by atoms with Gasteiger partial charge in [-0.3, -0.25) is 4.79 Å². The molecule has 164 valence electrons. The number of halogens is 1. The zero-order chi connectivity index (χ0) is 21.8. The molecule has 4 aliphatic rings. The first kappa shape index (κ1) is 20.4. The minimum absolute atomic E-state index is 0.0257. The van der Waals surface area contributed by atoms with E-state index in [-0.39, 0.29) is 10.9 Å². The Morgan fingerprint density at radius 2 is 2.00 bits per heavy atom. The smallest absolute Gasteiger partial charge is 0.288 e. The van der Waals surface area contributed by atoms with Crippen LogP contribution >= 0.6 is 11.6 Å². The summed E-state index contributed by atoms with van der Waals surface area (Å²) < 4.78 is 6.73. The molecule has 0 spiro atoms. The Kier molecular flexibility index (Phi) is 4.96. The molecular weight excluding hydrogens is 418 g/mol. The highest BCUT2D eigenvalue weighted by Crippen LogP contribution is 2.61. The molecule has 0 amide bonds. The van der Waals surface area contributed by atoms with E-state index in [2.05, 4.69) is 10.4 Å². The van der Waals surface area contributed by atoms with Crippen LogP contribution in [-0.2, 0) is 16.9 Å². The number of nitrogens with one attached hydrogen (secondary N) is 1. The average molecular weight is 443 g/mol. The summed E-state index contributed by atoms with van der Waals surface area (Å²) in [5, 5.41) is 19.8. The zero-order valence-corrected chi connectivity index (χ0v) is 18.1. The van der Waals surface area contributed by atoms with Gasteiger partial charge in [-0.15, -0.1) is 0 Å². The molecule has 2 aromatic rings. The number of benzene rings is 1. The van der Waals surface area contributed by atoms with Crippen LogP contribution in [0.15, 0.2) is 35.3 Å². The second-order valence-corrected chi connectivity index (χ2v) is 9.64. The topological polar surface area (TPSA) is 96.3 Å². The van der Waals surface area contributed by atoms with E-state index in [0.717, 1.165) is 30.6 Å². The van der Waals surface area contributed by atoms with Crippen LogP contribution in [0.3, 0.4) is 0 Å². The molecule has 31 heavy (non-hydrogen) atoms. The van der Waals surface area contributed by atoms with Crippen molar-refractivity contribution in [2.24, 2.45) is 23.7 Å². The Bertz CT molecular complexity index is 1070. The highest BCUT2D eigenvalue weighted by molar-refractivity contribution is 6.32. The second-order valence-electron chi connectivity index (χ2n) is 9.26. The predicted octanol–water partition coefficient (Wildman–Crippen LogP) is 2.42. The molecule has 0 radical (unpaired) electrons. The third-order valence-electron chi connectivity index (χ3n) is 7.53. The van der Waals surface area contributed by atoms with Crippen LogP contribution in [-0.4, -0.2) is 22.9 Å². The van der Waals surface area contributed by atoms with E-state index in [4.69, 9.17) is 16.3 Å². The third-order valence-corrected chi connectivity index (χ3v) is 7.90. The summed E-state index contributed by atoms with van der Waals surface area (Å²) in [6.07, 6.45) is 5.74. The van der Waals surface area contributed by atoms with Gasteiger partial charge in [0.2, 0.25) is 0 Å². The van der Waals surface area contributed by atoms with Crippen molar-refractivity contribution in [3.05, 3.63) is 51.4 Å². The first-order chi connectivity index (χ1) is 14.9. The number of methoxy groups -OCH3 is 1. The highest BCUT2D eigenvalue weighted by Gasteiger charge is 2.59. The van der Waals surface area contributed by atoms with Gasteiger partial charge in [0.15, 0.2) is 0 Å². The minimum atomic E-state index is -1.08. The Morgan fingerprint density at radius 3 is 2.68 bits per heavy atom. The maximum absolute atomic E-state index is 13.3. The number of nitrogens with zero attached hydrogens (tertiary/aromatic N) is 2. The molecule has 7 nitrogen and oxygen atoms in total. The molecule has 6 rings (SSSR count). The van der Waals surface area contributed by atoms with Gasteiger partial charge in [0.05, 0.1) is 24.5 Å². The fourth-order valence-corrected chi connectivity index (χ4v) is 6.82. The van der Waals surface area contributed by atoms with Crippen LogP contribution in [0.25, 0.3) is 0 Å². The van der Waals surface area contributed by atoms with E-state index < -0.39 is 23.0 Å². The van der Waals surface area contributed by atoms with Crippen molar-refractivity contribution in [3.63, 3.8) is 0 Å². The van der Waals surface area contributed by atoms with E-state index in [1.165, 1.54) is 10.9 Å². The molecule has 4 saturated carbocycles. The number of carbonyl (C=O) groups is 1. The van der Waals surface area contributed by atoms with Crippen LogP contribution in [0.2, 0.25) is 5.02 Å². The quantitative estimate of drug-likeness (QED) is 0.738.